The van der Waals surface area contributed by atoms with Crippen LogP contribution in [0.15, 0.2) is 18.2 Å². The van der Waals surface area contributed by atoms with Crippen molar-refractivity contribution in [1.29, 1.82) is 0 Å². The molecule has 0 saturated carbocycles. The maximum absolute atomic E-state index is 11.9. The van der Waals surface area contributed by atoms with E-state index in [0.29, 0.717) is 5.88 Å². The summed E-state index contributed by atoms with van der Waals surface area (Å²) in [6, 6.07) is 4.43. The standard InChI is InChI=1S/C13H18N2O4/c1-8(2)19-11-6-4-5-10(15-11)13(18)14-9(3)7-12(16)17/h4-6,8-9H,7H2,1-3H3,(H,14,18)(H,16,17). The molecule has 1 atom stereocenters. The number of carboxylic acids is 1. The molecule has 1 aromatic heterocycles. The van der Waals surface area contributed by atoms with Gasteiger partial charge in [0.2, 0.25) is 5.88 Å². The fourth-order valence-corrected chi connectivity index (χ4v) is 1.46. The summed E-state index contributed by atoms with van der Waals surface area (Å²) in [5.74, 6) is -1.01. The Bertz CT molecular complexity index is 460. The van der Waals surface area contributed by atoms with Crippen LogP contribution in [0.25, 0.3) is 0 Å². The Balaban J connectivity index is 2.68. The molecule has 1 unspecified atom stereocenters. The first kappa shape index (κ1) is 14.9. The molecule has 0 aliphatic rings. The van der Waals surface area contributed by atoms with E-state index in [4.69, 9.17) is 9.84 Å². The minimum atomic E-state index is -0.961. The highest BCUT2D eigenvalue weighted by Gasteiger charge is 2.14. The van der Waals surface area contributed by atoms with Gasteiger partial charge in [-0.1, -0.05) is 6.07 Å². The summed E-state index contributed by atoms with van der Waals surface area (Å²) in [5, 5.41) is 11.2. The van der Waals surface area contributed by atoms with Gasteiger partial charge in [-0.05, 0) is 26.8 Å². The molecule has 0 spiro atoms. The number of nitrogens with zero attached hydrogens (tertiary/aromatic N) is 1. The lowest BCUT2D eigenvalue weighted by atomic mass is 10.2. The highest BCUT2D eigenvalue weighted by molar-refractivity contribution is 5.92. The number of carbonyl (C=O) groups is 2. The molecule has 0 radical (unpaired) electrons. The molecule has 0 aliphatic carbocycles. The van der Waals surface area contributed by atoms with Crippen LogP contribution in [0.4, 0.5) is 0 Å². The molecule has 6 heteroatoms. The molecule has 1 rings (SSSR count). The topological polar surface area (TPSA) is 88.5 Å². The molecule has 0 fully saturated rings. The predicted molar refractivity (Wildman–Crippen MR) is 69.2 cm³/mol. The lowest BCUT2D eigenvalue weighted by Gasteiger charge is -2.12. The first-order valence-corrected chi connectivity index (χ1v) is 6.05. The van der Waals surface area contributed by atoms with E-state index in [0.717, 1.165) is 0 Å². The number of nitrogens with one attached hydrogen (secondary N) is 1. The largest absolute Gasteiger partial charge is 0.481 e. The molecular weight excluding hydrogens is 248 g/mol. The molecular formula is C13H18N2O4. The van der Waals surface area contributed by atoms with Crippen LogP contribution in [0.5, 0.6) is 5.88 Å². The summed E-state index contributed by atoms with van der Waals surface area (Å²) < 4.78 is 5.39. The zero-order valence-electron chi connectivity index (χ0n) is 11.2. The summed E-state index contributed by atoms with van der Waals surface area (Å²) in [5.41, 5.74) is 0.204. The lowest BCUT2D eigenvalue weighted by molar-refractivity contribution is -0.137. The van der Waals surface area contributed by atoms with Gasteiger partial charge < -0.3 is 15.2 Å². The normalized spacial score (nSPS) is 12.0. The molecule has 1 heterocycles. The number of aliphatic carboxylic acids is 1. The molecule has 104 valence electrons. The van der Waals surface area contributed by atoms with Gasteiger partial charge in [0.25, 0.3) is 5.91 Å². The van der Waals surface area contributed by atoms with Crippen molar-refractivity contribution in [2.45, 2.75) is 39.3 Å². The van der Waals surface area contributed by atoms with E-state index in [1.807, 2.05) is 13.8 Å². The summed E-state index contributed by atoms with van der Waals surface area (Å²) in [6.07, 6.45) is -0.162. The van der Waals surface area contributed by atoms with Gasteiger partial charge in [0.1, 0.15) is 5.69 Å². The number of aromatic nitrogens is 1. The average Bonchev–Trinajstić information content (AvgIpc) is 2.27. The quantitative estimate of drug-likeness (QED) is 0.813. The zero-order chi connectivity index (χ0) is 14.4. The van der Waals surface area contributed by atoms with Crippen molar-refractivity contribution < 1.29 is 19.4 Å². The molecule has 1 aromatic rings. The Morgan fingerprint density at radius 1 is 1.37 bits per heavy atom. The second-order valence-corrected chi connectivity index (χ2v) is 4.50. The first-order chi connectivity index (χ1) is 8.88. The van der Waals surface area contributed by atoms with Crippen LogP contribution in [0.2, 0.25) is 0 Å². The third-order valence-electron chi connectivity index (χ3n) is 2.17. The second kappa shape index (κ2) is 6.72. The molecule has 1 amide bonds. The summed E-state index contributed by atoms with van der Waals surface area (Å²) in [7, 11) is 0. The van der Waals surface area contributed by atoms with Crippen LogP contribution in [-0.4, -0.2) is 34.1 Å². The van der Waals surface area contributed by atoms with E-state index in [1.54, 1.807) is 25.1 Å². The van der Waals surface area contributed by atoms with Gasteiger partial charge in [-0.25, -0.2) is 4.98 Å². The molecule has 0 aromatic carbocycles. The highest BCUT2D eigenvalue weighted by Crippen LogP contribution is 2.09. The zero-order valence-corrected chi connectivity index (χ0v) is 11.2. The SMILES string of the molecule is CC(CC(=O)O)NC(=O)c1cccc(OC(C)C)n1. The lowest BCUT2D eigenvalue weighted by Crippen LogP contribution is -2.34. The predicted octanol–water partition coefficient (Wildman–Crippen LogP) is 1.46. The Morgan fingerprint density at radius 2 is 2.05 bits per heavy atom. The van der Waals surface area contributed by atoms with Crippen LogP contribution >= 0.6 is 0 Å². The van der Waals surface area contributed by atoms with Gasteiger partial charge in [0.05, 0.1) is 12.5 Å². The van der Waals surface area contributed by atoms with Crippen molar-refractivity contribution >= 4 is 11.9 Å². The Hall–Kier alpha value is -2.11. The number of carboxylic acid groups (broad SMARTS) is 1. The number of hydrogen-bond acceptors (Lipinski definition) is 4. The third-order valence-corrected chi connectivity index (χ3v) is 2.17. The Kier molecular flexibility index (Phi) is 5.29. The van der Waals surface area contributed by atoms with Crippen LogP contribution in [0.3, 0.4) is 0 Å². The molecule has 0 saturated heterocycles. The second-order valence-electron chi connectivity index (χ2n) is 4.50. The minimum Gasteiger partial charge on any atom is -0.481 e. The monoisotopic (exact) mass is 266 g/mol. The van der Waals surface area contributed by atoms with E-state index in [9.17, 15) is 9.59 Å². The Morgan fingerprint density at radius 3 is 2.63 bits per heavy atom. The molecule has 6 nitrogen and oxygen atoms in total. The van der Waals surface area contributed by atoms with E-state index >= 15 is 0 Å². The van der Waals surface area contributed by atoms with Crippen molar-refractivity contribution in [3.8, 4) is 5.88 Å². The molecule has 19 heavy (non-hydrogen) atoms. The summed E-state index contributed by atoms with van der Waals surface area (Å²) >= 11 is 0. The third kappa shape index (κ3) is 5.37. The van der Waals surface area contributed by atoms with E-state index in [-0.39, 0.29) is 18.2 Å². The fourth-order valence-electron chi connectivity index (χ4n) is 1.46. The highest BCUT2D eigenvalue weighted by atomic mass is 16.5. The minimum absolute atomic E-state index is 0.0308. The van der Waals surface area contributed by atoms with Crippen molar-refractivity contribution in [3.05, 3.63) is 23.9 Å². The fraction of sp³-hybridized carbons (Fsp3) is 0.462. The van der Waals surface area contributed by atoms with Crippen molar-refractivity contribution in [3.63, 3.8) is 0 Å². The molecule has 0 aliphatic heterocycles. The van der Waals surface area contributed by atoms with E-state index in [1.165, 1.54) is 0 Å². The van der Waals surface area contributed by atoms with Crippen LogP contribution < -0.4 is 10.1 Å². The number of hydrogen-bond donors (Lipinski definition) is 2. The van der Waals surface area contributed by atoms with Gasteiger partial charge in [0.15, 0.2) is 0 Å². The smallest absolute Gasteiger partial charge is 0.305 e. The van der Waals surface area contributed by atoms with Crippen molar-refractivity contribution in [2.24, 2.45) is 0 Å². The maximum Gasteiger partial charge on any atom is 0.305 e. The summed E-state index contributed by atoms with van der Waals surface area (Å²) in [4.78, 5) is 26.4. The maximum atomic E-state index is 11.9. The van der Waals surface area contributed by atoms with Gasteiger partial charge in [-0.3, -0.25) is 9.59 Å². The number of amides is 1. The van der Waals surface area contributed by atoms with Gasteiger partial charge in [-0.2, -0.15) is 0 Å². The molecule has 2 N–H and O–H groups in total. The average molecular weight is 266 g/mol. The van der Waals surface area contributed by atoms with Gasteiger partial charge in [0, 0.05) is 12.1 Å². The van der Waals surface area contributed by atoms with Gasteiger partial charge >= 0.3 is 5.97 Å². The summed E-state index contributed by atoms with van der Waals surface area (Å²) in [6.45, 7) is 5.35. The van der Waals surface area contributed by atoms with E-state index in [2.05, 4.69) is 10.3 Å². The van der Waals surface area contributed by atoms with Gasteiger partial charge in [-0.15, -0.1) is 0 Å². The van der Waals surface area contributed by atoms with Crippen LogP contribution in [0.1, 0.15) is 37.7 Å². The van der Waals surface area contributed by atoms with Crippen molar-refractivity contribution in [1.82, 2.24) is 10.3 Å². The van der Waals surface area contributed by atoms with E-state index < -0.39 is 17.9 Å². The molecule has 0 bridgehead atoms. The van der Waals surface area contributed by atoms with Crippen LogP contribution in [-0.2, 0) is 4.79 Å². The first-order valence-electron chi connectivity index (χ1n) is 6.05. The number of carbonyl (C=O) groups excluding carboxylic acids is 1. The van der Waals surface area contributed by atoms with Crippen molar-refractivity contribution in [2.75, 3.05) is 0 Å². The number of ether oxygens (including phenoxy) is 1. The number of pyridine rings is 1. The van der Waals surface area contributed by atoms with Crippen LogP contribution in [0, 0.1) is 0 Å². The Labute approximate surface area is 111 Å². The number of rotatable bonds is 6.